The zero-order valence-electron chi connectivity index (χ0n) is 14.9. The third-order valence-corrected chi connectivity index (χ3v) is 6.39. The van der Waals surface area contributed by atoms with Crippen LogP contribution >= 0.6 is 11.8 Å². The molecule has 1 aromatic rings. The first kappa shape index (κ1) is 17.7. The van der Waals surface area contributed by atoms with E-state index in [1.54, 1.807) is 24.2 Å². The fourth-order valence-corrected chi connectivity index (χ4v) is 5.28. The molecule has 4 nitrogen and oxygen atoms in total. The Morgan fingerprint density at radius 3 is 2.88 bits per heavy atom. The standard InChI is InChI=1S/C19H28N2O2S/c1-4-10-21(17-15-7-11-23-18(15)19(17,2)3)16(22)13-24-12-14-5-8-20-9-6-14/h5-6,8-9,15,17-18H,4,7,10-13H2,1-3H3/t15-,17+,18+/m0/s1. The van der Waals surface area contributed by atoms with Crippen molar-refractivity contribution in [3.05, 3.63) is 30.1 Å². The summed E-state index contributed by atoms with van der Waals surface area (Å²) in [7, 11) is 0. The molecule has 0 aromatic carbocycles. The minimum absolute atomic E-state index is 0.0712. The maximum Gasteiger partial charge on any atom is 0.232 e. The van der Waals surface area contributed by atoms with E-state index in [0.717, 1.165) is 31.7 Å². The van der Waals surface area contributed by atoms with E-state index in [4.69, 9.17) is 4.74 Å². The summed E-state index contributed by atoms with van der Waals surface area (Å²) in [6.45, 7) is 8.36. The molecule has 0 bridgehead atoms. The van der Waals surface area contributed by atoms with Crippen LogP contribution in [0.15, 0.2) is 24.5 Å². The molecule has 5 heteroatoms. The van der Waals surface area contributed by atoms with Gasteiger partial charge in [0.05, 0.1) is 11.9 Å². The van der Waals surface area contributed by atoms with Crippen LogP contribution in [-0.4, -0.2) is 46.8 Å². The van der Waals surface area contributed by atoms with Crippen LogP contribution in [0.3, 0.4) is 0 Å². The van der Waals surface area contributed by atoms with Crippen molar-refractivity contribution in [1.29, 1.82) is 0 Å². The molecular weight excluding hydrogens is 320 g/mol. The quantitative estimate of drug-likeness (QED) is 0.758. The zero-order valence-corrected chi connectivity index (χ0v) is 15.7. The van der Waals surface area contributed by atoms with E-state index < -0.39 is 0 Å². The lowest BCUT2D eigenvalue weighted by Gasteiger charge is -2.58. The Morgan fingerprint density at radius 1 is 1.42 bits per heavy atom. The van der Waals surface area contributed by atoms with Gasteiger partial charge in [0.2, 0.25) is 5.91 Å². The lowest BCUT2D eigenvalue weighted by molar-refractivity contribution is -0.169. The number of ether oxygens (including phenoxy) is 1. The summed E-state index contributed by atoms with van der Waals surface area (Å²) in [4.78, 5) is 19.1. The summed E-state index contributed by atoms with van der Waals surface area (Å²) in [5.74, 6) is 2.21. The molecule has 3 atom stereocenters. The van der Waals surface area contributed by atoms with E-state index in [-0.39, 0.29) is 11.3 Å². The molecule has 1 amide bonds. The molecule has 2 aliphatic rings. The van der Waals surface area contributed by atoms with Crippen LogP contribution in [0.2, 0.25) is 0 Å². The summed E-state index contributed by atoms with van der Waals surface area (Å²) < 4.78 is 5.90. The van der Waals surface area contributed by atoms with Crippen LogP contribution in [0.25, 0.3) is 0 Å². The van der Waals surface area contributed by atoms with Crippen molar-refractivity contribution in [2.45, 2.75) is 51.5 Å². The van der Waals surface area contributed by atoms with Gasteiger partial charge in [-0.1, -0.05) is 20.8 Å². The van der Waals surface area contributed by atoms with Crippen LogP contribution < -0.4 is 0 Å². The Balaban J connectivity index is 1.59. The lowest BCUT2D eigenvalue weighted by Crippen LogP contribution is -2.68. The number of aromatic nitrogens is 1. The van der Waals surface area contributed by atoms with Gasteiger partial charge in [0.1, 0.15) is 0 Å². The van der Waals surface area contributed by atoms with Crippen molar-refractivity contribution < 1.29 is 9.53 Å². The highest BCUT2D eigenvalue weighted by Crippen LogP contribution is 2.54. The number of amides is 1. The van der Waals surface area contributed by atoms with Crippen molar-refractivity contribution in [3.8, 4) is 0 Å². The zero-order chi connectivity index (χ0) is 17.2. The van der Waals surface area contributed by atoms with Crippen LogP contribution in [0.5, 0.6) is 0 Å². The van der Waals surface area contributed by atoms with E-state index in [1.165, 1.54) is 5.56 Å². The second-order valence-corrected chi connectivity index (χ2v) is 8.43. The van der Waals surface area contributed by atoms with E-state index in [0.29, 0.717) is 23.8 Å². The molecule has 24 heavy (non-hydrogen) atoms. The van der Waals surface area contributed by atoms with Gasteiger partial charge in [0, 0.05) is 48.7 Å². The van der Waals surface area contributed by atoms with Gasteiger partial charge in [-0.25, -0.2) is 0 Å². The first-order chi connectivity index (χ1) is 11.6. The van der Waals surface area contributed by atoms with Crippen LogP contribution in [0, 0.1) is 11.3 Å². The molecular formula is C19H28N2O2S. The topological polar surface area (TPSA) is 42.4 Å². The maximum atomic E-state index is 12.9. The van der Waals surface area contributed by atoms with E-state index in [2.05, 4.69) is 30.7 Å². The van der Waals surface area contributed by atoms with Gasteiger partial charge in [-0.15, -0.1) is 11.8 Å². The smallest absolute Gasteiger partial charge is 0.232 e. The molecule has 1 saturated carbocycles. The highest BCUT2D eigenvalue weighted by molar-refractivity contribution is 7.99. The summed E-state index contributed by atoms with van der Waals surface area (Å²) in [5.41, 5.74) is 1.29. The number of nitrogens with zero attached hydrogens (tertiary/aromatic N) is 2. The molecule has 1 saturated heterocycles. The predicted octanol–water partition coefficient (Wildman–Crippen LogP) is 3.37. The molecule has 0 unspecified atom stereocenters. The van der Waals surface area contributed by atoms with Crippen LogP contribution in [-0.2, 0) is 15.3 Å². The van der Waals surface area contributed by atoms with Gasteiger partial charge in [0.25, 0.3) is 0 Å². The number of thioether (sulfide) groups is 1. The van der Waals surface area contributed by atoms with Gasteiger partial charge < -0.3 is 9.64 Å². The minimum Gasteiger partial charge on any atom is -0.377 e. The Hall–Kier alpha value is -1.07. The Morgan fingerprint density at radius 2 is 2.17 bits per heavy atom. The largest absolute Gasteiger partial charge is 0.377 e. The van der Waals surface area contributed by atoms with Gasteiger partial charge in [0.15, 0.2) is 0 Å². The van der Waals surface area contributed by atoms with E-state index in [9.17, 15) is 4.79 Å². The van der Waals surface area contributed by atoms with Gasteiger partial charge >= 0.3 is 0 Å². The molecule has 2 fully saturated rings. The molecule has 132 valence electrons. The highest BCUT2D eigenvalue weighted by atomic mass is 32.2. The van der Waals surface area contributed by atoms with Gasteiger partial charge in [-0.2, -0.15) is 0 Å². The van der Waals surface area contributed by atoms with E-state index in [1.807, 2.05) is 12.1 Å². The number of carbonyl (C=O) groups excluding carboxylic acids is 1. The number of rotatable bonds is 7. The second kappa shape index (κ2) is 7.44. The number of hydrogen-bond acceptors (Lipinski definition) is 4. The molecule has 1 aliphatic carbocycles. The average molecular weight is 349 g/mol. The summed E-state index contributed by atoms with van der Waals surface area (Å²) in [5, 5.41) is 0. The molecule has 0 spiro atoms. The lowest BCUT2D eigenvalue weighted by atomic mass is 9.56. The average Bonchev–Trinajstić information content (AvgIpc) is 3.02. The van der Waals surface area contributed by atoms with E-state index >= 15 is 0 Å². The van der Waals surface area contributed by atoms with Crippen molar-refractivity contribution in [2.75, 3.05) is 18.9 Å². The van der Waals surface area contributed by atoms with Gasteiger partial charge in [-0.3, -0.25) is 9.78 Å². The van der Waals surface area contributed by atoms with Crippen molar-refractivity contribution in [2.24, 2.45) is 11.3 Å². The number of carbonyl (C=O) groups is 1. The normalized spacial score (nSPS) is 27.4. The highest BCUT2D eigenvalue weighted by Gasteiger charge is 2.61. The molecule has 0 radical (unpaired) electrons. The summed E-state index contributed by atoms with van der Waals surface area (Å²) in [6.07, 6.45) is 6.04. The number of pyridine rings is 1. The van der Waals surface area contributed by atoms with Crippen LogP contribution in [0.4, 0.5) is 0 Å². The predicted molar refractivity (Wildman–Crippen MR) is 97.8 cm³/mol. The Kier molecular flexibility index (Phi) is 5.50. The monoisotopic (exact) mass is 348 g/mol. The van der Waals surface area contributed by atoms with Crippen molar-refractivity contribution in [1.82, 2.24) is 9.88 Å². The van der Waals surface area contributed by atoms with Crippen molar-refractivity contribution in [3.63, 3.8) is 0 Å². The van der Waals surface area contributed by atoms with Gasteiger partial charge in [-0.05, 0) is 30.5 Å². The molecule has 1 aliphatic heterocycles. The van der Waals surface area contributed by atoms with Crippen LogP contribution in [0.1, 0.15) is 39.2 Å². The first-order valence-electron chi connectivity index (χ1n) is 8.93. The number of fused-ring (bicyclic) bond motifs is 1. The molecule has 0 N–H and O–H groups in total. The fourth-order valence-electron chi connectivity index (χ4n) is 4.41. The third-order valence-electron chi connectivity index (χ3n) is 5.40. The SMILES string of the molecule is CCCN(C(=O)CSCc1ccncc1)[C@@H]1[C@@H]2CCO[C@H]2C1(C)C. The molecule has 2 heterocycles. The molecule has 1 aromatic heterocycles. The fraction of sp³-hybridized carbons (Fsp3) is 0.684. The first-order valence-corrected chi connectivity index (χ1v) is 10.1. The Labute approximate surface area is 149 Å². The van der Waals surface area contributed by atoms with Crippen molar-refractivity contribution >= 4 is 17.7 Å². The Bertz CT molecular complexity index is 564. The summed E-state index contributed by atoms with van der Waals surface area (Å²) in [6, 6.07) is 4.35. The molecule has 3 rings (SSSR count). The summed E-state index contributed by atoms with van der Waals surface area (Å²) >= 11 is 1.70. The minimum atomic E-state index is 0.0712. The second-order valence-electron chi connectivity index (χ2n) is 7.45. The number of hydrogen-bond donors (Lipinski definition) is 0. The third kappa shape index (κ3) is 3.33. The maximum absolute atomic E-state index is 12.9.